The number of aliphatic hydroxyl groups excluding tert-OH is 1. The number of hydrogen-bond donors (Lipinski definition) is 1. The van der Waals surface area contributed by atoms with Gasteiger partial charge >= 0.3 is 0 Å². The molecule has 0 amide bonds. The maximum atomic E-state index is 8.55. The average molecular weight is 230 g/mol. The van der Waals surface area contributed by atoms with E-state index in [9.17, 15) is 0 Å². The molecular weight excluding hydrogens is 222 g/mol. The average Bonchev–Trinajstić information content (AvgIpc) is 2.43. The lowest BCUT2D eigenvalue weighted by atomic mass is 10.4. The van der Waals surface area contributed by atoms with E-state index in [2.05, 4.69) is 21.0 Å². The van der Waals surface area contributed by atoms with E-state index in [1.54, 1.807) is 10.9 Å². The van der Waals surface area contributed by atoms with Gasteiger partial charge in [0.15, 0.2) is 5.69 Å². The SMILES string of the molecule is N#Cc1nn(CCCO)cc1Br. The quantitative estimate of drug-likeness (QED) is 0.838. The number of aromatic nitrogens is 2. The molecule has 0 saturated carbocycles. The van der Waals surface area contributed by atoms with Gasteiger partial charge in [-0.3, -0.25) is 4.68 Å². The second kappa shape index (κ2) is 4.24. The van der Waals surface area contributed by atoms with Crippen LogP contribution in [0.1, 0.15) is 12.1 Å². The van der Waals surface area contributed by atoms with Crippen LogP contribution in [-0.2, 0) is 6.54 Å². The third kappa shape index (κ3) is 2.06. The number of nitriles is 1. The van der Waals surface area contributed by atoms with Crippen LogP contribution >= 0.6 is 15.9 Å². The smallest absolute Gasteiger partial charge is 0.176 e. The number of aryl methyl sites for hydroxylation is 1. The lowest BCUT2D eigenvalue weighted by molar-refractivity contribution is 0.277. The van der Waals surface area contributed by atoms with Crippen molar-refractivity contribution < 1.29 is 5.11 Å². The van der Waals surface area contributed by atoms with Crippen LogP contribution in [0.25, 0.3) is 0 Å². The summed E-state index contributed by atoms with van der Waals surface area (Å²) in [5.41, 5.74) is 0.382. The summed E-state index contributed by atoms with van der Waals surface area (Å²) < 4.78 is 2.33. The molecule has 0 saturated heterocycles. The predicted molar refractivity (Wildman–Crippen MR) is 46.3 cm³/mol. The molecule has 5 heteroatoms. The fourth-order valence-electron chi connectivity index (χ4n) is 0.820. The van der Waals surface area contributed by atoms with E-state index in [0.717, 1.165) is 0 Å². The molecule has 64 valence electrons. The summed E-state index contributed by atoms with van der Waals surface area (Å²) in [6, 6.07) is 1.95. The Morgan fingerprint density at radius 3 is 3.00 bits per heavy atom. The largest absolute Gasteiger partial charge is 0.396 e. The second-order valence-electron chi connectivity index (χ2n) is 2.28. The molecule has 0 atom stereocenters. The van der Waals surface area contributed by atoms with Crippen LogP contribution in [0.5, 0.6) is 0 Å². The summed E-state index contributed by atoms with van der Waals surface area (Å²) in [5, 5.41) is 21.1. The normalized spacial score (nSPS) is 9.75. The Kier molecular flexibility index (Phi) is 3.26. The Morgan fingerprint density at radius 1 is 1.75 bits per heavy atom. The first-order chi connectivity index (χ1) is 5.77. The first kappa shape index (κ1) is 9.23. The van der Waals surface area contributed by atoms with Crippen LogP contribution in [0, 0.1) is 11.3 Å². The second-order valence-corrected chi connectivity index (χ2v) is 3.13. The van der Waals surface area contributed by atoms with Crippen molar-refractivity contribution in [1.82, 2.24) is 9.78 Å². The van der Waals surface area contributed by atoms with Crippen molar-refractivity contribution in [3.05, 3.63) is 16.4 Å². The van der Waals surface area contributed by atoms with Gasteiger partial charge < -0.3 is 5.11 Å². The Hall–Kier alpha value is -0.860. The molecule has 0 aliphatic rings. The van der Waals surface area contributed by atoms with Gasteiger partial charge in [0.1, 0.15) is 6.07 Å². The van der Waals surface area contributed by atoms with Gasteiger partial charge in [0, 0.05) is 19.3 Å². The molecule has 0 bridgehead atoms. The van der Waals surface area contributed by atoms with E-state index in [0.29, 0.717) is 23.1 Å². The van der Waals surface area contributed by atoms with Crippen molar-refractivity contribution >= 4 is 15.9 Å². The van der Waals surface area contributed by atoms with Crippen LogP contribution in [0.4, 0.5) is 0 Å². The molecule has 1 aromatic heterocycles. The topological polar surface area (TPSA) is 61.8 Å². The van der Waals surface area contributed by atoms with Crippen LogP contribution in [0.2, 0.25) is 0 Å². The molecule has 0 fully saturated rings. The first-order valence-electron chi connectivity index (χ1n) is 3.52. The van der Waals surface area contributed by atoms with Crippen molar-refractivity contribution in [2.45, 2.75) is 13.0 Å². The zero-order valence-electron chi connectivity index (χ0n) is 6.37. The number of hydrogen-bond acceptors (Lipinski definition) is 3. The Balaban J connectivity index is 2.70. The van der Waals surface area contributed by atoms with Crippen molar-refractivity contribution in [3.8, 4) is 6.07 Å². The minimum atomic E-state index is 0.138. The number of rotatable bonds is 3. The lowest BCUT2D eigenvalue weighted by Gasteiger charge is -1.95. The fraction of sp³-hybridized carbons (Fsp3) is 0.429. The first-order valence-corrected chi connectivity index (χ1v) is 4.31. The third-order valence-corrected chi connectivity index (χ3v) is 1.95. The molecule has 1 aromatic rings. The molecule has 0 unspecified atom stereocenters. The van der Waals surface area contributed by atoms with E-state index in [1.807, 2.05) is 6.07 Å². The molecule has 1 heterocycles. The fourth-order valence-corrected chi connectivity index (χ4v) is 1.22. The highest BCUT2D eigenvalue weighted by Crippen LogP contribution is 2.13. The molecule has 4 nitrogen and oxygen atoms in total. The maximum absolute atomic E-state index is 8.55. The van der Waals surface area contributed by atoms with Gasteiger partial charge in [0.25, 0.3) is 0 Å². The molecular formula is C7H8BrN3O. The van der Waals surface area contributed by atoms with Crippen molar-refractivity contribution in [3.63, 3.8) is 0 Å². The van der Waals surface area contributed by atoms with Crippen molar-refractivity contribution in [2.24, 2.45) is 0 Å². The molecule has 0 aromatic carbocycles. The third-order valence-electron chi connectivity index (χ3n) is 1.37. The minimum absolute atomic E-state index is 0.138. The summed E-state index contributed by atoms with van der Waals surface area (Å²) in [4.78, 5) is 0. The summed E-state index contributed by atoms with van der Waals surface area (Å²) in [5.74, 6) is 0. The summed E-state index contributed by atoms with van der Waals surface area (Å²) in [6.07, 6.45) is 2.38. The molecule has 0 aliphatic carbocycles. The van der Waals surface area contributed by atoms with Crippen LogP contribution in [0.15, 0.2) is 10.7 Å². The number of halogens is 1. The van der Waals surface area contributed by atoms with Gasteiger partial charge in [-0.1, -0.05) is 0 Å². The van der Waals surface area contributed by atoms with Crippen molar-refractivity contribution in [1.29, 1.82) is 5.26 Å². The molecule has 1 N–H and O–H groups in total. The maximum Gasteiger partial charge on any atom is 0.176 e. The highest BCUT2D eigenvalue weighted by Gasteiger charge is 2.03. The van der Waals surface area contributed by atoms with Crippen LogP contribution < -0.4 is 0 Å². The van der Waals surface area contributed by atoms with Gasteiger partial charge in [-0.15, -0.1) is 0 Å². The highest BCUT2D eigenvalue weighted by molar-refractivity contribution is 9.10. The lowest BCUT2D eigenvalue weighted by Crippen LogP contribution is -2.00. The summed E-state index contributed by atoms with van der Waals surface area (Å²) >= 11 is 3.20. The van der Waals surface area contributed by atoms with E-state index in [4.69, 9.17) is 10.4 Å². The van der Waals surface area contributed by atoms with Gasteiger partial charge in [-0.2, -0.15) is 10.4 Å². The van der Waals surface area contributed by atoms with E-state index < -0.39 is 0 Å². The molecule has 12 heavy (non-hydrogen) atoms. The number of aliphatic hydroxyl groups is 1. The van der Waals surface area contributed by atoms with Gasteiger partial charge in [-0.05, 0) is 22.4 Å². The molecule has 0 aliphatic heterocycles. The highest BCUT2D eigenvalue weighted by atomic mass is 79.9. The van der Waals surface area contributed by atoms with E-state index >= 15 is 0 Å². The Bertz CT molecular complexity index is 302. The van der Waals surface area contributed by atoms with Gasteiger partial charge in [-0.25, -0.2) is 0 Å². The number of nitrogens with zero attached hydrogens (tertiary/aromatic N) is 3. The van der Waals surface area contributed by atoms with Crippen LogP contribution in [-0.4, -0.2) is 21.5 Å². The molecule has 0 radical (unpaired) electrons. The minimum Gasteiger partial charge on any atom is -0.396 e. The summed E-state index contributed by atoms with van der Waals surface area (Å²) in [6.45, 7) is 0.774. The Morgan fingerprint density at radius 2 is 2.50 bits per heavy atom. The van der Waals surface area contributed by atoms with Crippen LogP contribution in [0.3, 0.4) is 0 Å². The van der Waals surface area contributed by atoms with E-state index in [1.165, 1.54) is 0 Å². The molecule has 0 spiro atoms. The standard InChI is InChI=1S/C7H8BrN3O/c8-6-5-11(2-1-3-12)10-7(6)4-9/h5,12H,1-3H2. The summed E-state index contributed by atoms with van der Waals surface area (Å²) in [7, 11) is 0. The predicted octanol–water partition coefficient (Wildman–Crippen LogP) is 0.900. The monoisotopic (exact) mass is 229 g/mol. The van der Waals surface area contributed by atoms with Crippen molar-refractivity contribution in [2.75, 3.05) is 6.61 Å². The molecule has 1 rings (SSSR count). The zero-order chi connectivity index (χ0) is 8.97. The van der Waals surface area contributed by atoms with Gasteiger partial charge in [0.05, 0.1) is 4.47 Å². The Labute approximate surface area is 78.6 Å². The van der Waals surface area contributed by atoms with Gasteiger partial charge in [0.2, 0.25) is 0 Å². The zero-order valence-corrected chi connectivity index (χ0v) is 7.95. The van der Waals surface area contributed by atoms with E-state index in [-0.39, 0.29) is 6.61 Å².